The number of imide groups is 1. The maximum absolute atomic E-state index is 13.3. The molecule has 1 heterocycles. The zero-order valence-electron chi connectivity index (χ0n) is 15.0. The van der Waals surface area contributed by atoms with Gasteiger partial charge in [0.2, 0.25) is 0 Å². The Morgan fingerprint density at radius 3 is 2.12 bits per heavy atom. The molecule has 26 heavy (non-hydrogen) atoms. The highest BCUT2D eigenvalue weighted by Crippen LogP contribution is 2.38. The number of hydrogen-bond acceptors (Lipinski definition) is 3. The summed E-state index contributed by atoms with van der Waals surface area (Å²) in [6.45, 7) is 6.11. The first-order chi connectivity index (χ1) is 12.4. The van der Waals surface area contributed by atoms with Crippen molar-refractivity contribution in [1.82, 2.24) is 0 Å². The van der Waals surface area contributed by atoms with E-state index in [1.807, 2.05) is 19.1 Å². The van der Waals surface area contributed by atoms with E-state index < -0.39 is 0 Å². The van der Waals surface area contributed by atoms with Gasteiger partial charge in [0, 0.05) is 0 Å². The first-order valence-electron chi connectivity index (χ1n) is 8.55. The quantitative estimate of drug-likeness (QED) is 0.697. The van der Waals surface area contributed by atoms with Crippen molar-refractivity contribution in [2.75, 3.05) is 10.7 Å². The number of thioether (sulfide) groups is 1. The minimum Gasteiger partial charge on any atom is -0.268 e. The van der Waals surface area contributed by atoms with E-state index in [-0.39, 0.29) is 17.6 Å². The lowest BCUT2D eigenvalue weighted by Gasteiger charge is -2.16. The van der Waals surface area contributed by atoms with Crippen LogP contribution in [0.25, 0.3) is 5.57 Å². The molecular weight excluding hydrogens is 349 g/mol. The SMILES string of the molecule is CCSC1=C(c2ccc(F)cc2)C(=O)N(c2ccc(C(C)C)cc2)C1=O. The highest BCUT2D eigenvalue weighted by molar-refractivity contribution is 8.04. The van der Waals surface area contributed by atoms with E-state index in [1.54, 1.807) is 12.1 Å². The van der Waals surface area contributed by atoms with Gasteiger partial charge < -0.3 is 0 Å². The van der Waals surface area contributed by atoms with E-state index in [0.29, 0.717) is 33.4 Å². The standard InChI is InChI=1S/C21H20FNO2S/c1-4-26-19-18(15-5-9-16(22)10-6-15)20(24)23(21(19)25)17-11-7-14(8-12-17)13(2)3/h5-13H,4H2,1-3H3. The molecule has 0 fully saturated rings. The summed E-state index contributed by atoms with van der Waals surface area (Å²) >= 11 is 1.34. The predicted octanol–water partition coefficient (Wildman–Crippen LogP) is 4.99. The molecule has 3 nitrogen and oxygen atoms in total. The van der Waals surface area contributed by atoms with E-state index in [4.69, 9.17) is 0 Å². The Balaban J connectivity index is 2.02. The van der Waals surface area contributed by atoms with Crippen LogP contribution in [0.4, 0.5) is 10.1 Å². The van der Waals surface area contributed by atoms with Crippen LogP contribution in [0.2, 0.25) is 0 Å². The lowest BCUT2D eigenvalue weighted by Crippen LogP contribution is -2.31. The fourth-order valence-electron chi connectivity index (χ4n) is 2.90. The summed E-state index contributed by atoms with van der Waals surface area (Å²) < 4.78 is 13.3. The van der Waals surface area contributed by atoms with E-state index in [9.17, 15) is 14.0 Å². The van der Waals surface area contributed by atoms with Gasteiger partial charge in [-0.15, -0.1) is 11.8 Å². The van der Waals surface area contributed by atoms with Gasteiger partial charge in [-0.05, 0) is 47.1 Å². The van der Waals surface area contributed by atoms with Crippen LogP contribution in [0.3, 0.4) is 0 Å². The van der Waals surface area contributed by atoms with Crippen LogP contribution in [-0.4, -0.2) is 17.6 Å². The number of carbonyl (C=O) groups is 2. The number of hydrogen-bond donors (Lipinski definition) is 0. The minimum atomic E-state index is -0.378. The van der Waals surface area contributed by atoms with E-state index in [1.165, 1.54) is 40.9 Å². The second kappa shape index (κ2) is 7.46. The molecule has 1 aliphatic rings. The van der Waals surface area contributed by atoms with Gasteiger partial charge in [-0.25, -0.2) is 9.29 Å². The molecule has 2 amide bonds. The first-order valence-corrected chi connectivity index (χ1v) is 9.54. The summed E-state index contributed by atoms with van der Waals surface area (Å²) in [5.41, 5.74) is 2.59. The molecule has 0 aliphatic carbocycles. The Morgan fingerprint density at radius 2 is 1.58 bits per heavy atom. The molecule has 0 aromatic heterocycles. The third-order valence-electron chi connectivity index (χ3n) is 4.28. The van der Waals surface area contributed by atoms with Gasteiger partial charge >= 0.3 is 0 Å². The zero-order valence-corrected chi connectivity index (χ0v) is 15.8. The number of benzene rings is 2. The molecule has 134 valence electrons. The van der Waals surface area contributed by atoms with Crippen LogP contribution in [0.15, 0.2) is 53.4 Å². The average Bonchev–Trinajstić information content (AvgIpc) is 2.87. The lowest BCUT2D eigenvalue weighted by molar-refractivity contribution is -0.119. The third-order valence-corrected chi connectivity index (χ3v) is 5.24. The normalized spacial score (nSPS) is 14.7. The molecule has 2 aromatic rings. The number of anilines is 1. The van der Waals surface area contributed by atoms with Gasteiger partial charge in [0.15, 0.2) is 0 Å². The van der Waals surface area contributed by atoms with Crippen LogP contribution in [-0.2, 0) is 9.59 Å². The number of carbonyl (C=O) groups excluding carboxylic acids is 2. The monoisotopic (exact) mass is 369 g/mol. The molecule has 0 atom stereocenters. The molecule has 5 heteroatoms. The van der Waals surface area contributed by atoms with Crippen molar-refractivity contribution in [3.63, 3.8) is 0 Å². The Bertz CT molecular complexity index is 870. The summed E-state index contributed by atoms with van der Waals surface area (Å²) in [6, 6.07) is 13.1. The molecule has 0 saturated heterocycles. The van der Waals surface area contributed by atoms with Crippen molar-refractivity contribution in [1.29, 1.82) is 0 Å². The highest BCUT2D eigenvalue weighted by atomic mass is 32.2. The van der Waals surface area contributed by atoms with Crippen LogP contribution in [0, 0.1) is 5.82 Å². The third kappa shape index (κ3) is 3.31. The van der Waals surface area contributed by atoms with Crippen molar-refractivity contribution in [3.8, 4) is 0 Å². The summed E-state index contributed by atoms with van der Waals surface area (Å²) in [6.07, 6.45) is 0. The first kappa shape index (κ1) is 18.4. The molecule has 0 radical (unpaired) electrons. The Labute approximate surface area is 156 Å². The van der Waals surface area contributed by atoms with Crippen molar-refractivity contribution in [3.05, 3.63) is 70.4 Å². The second-order valence-electron chi connectivity index (χ2n) is 6.34. The van der Waals surface area contributed by atoms with Crippen molar-refractivity contribution in [2.24, 2.45) is 0 Å². The minimum absolute atomic E-state index is 0.321. The van der Waals surface area contributed by atoms with Crippen molar-refractivity contribution < 1.29 is 14.0 Å². The zero-order chi connectivity index (χ0) is 18.8. The van der Waals surface area contributed by atoms with Crippen LogP contribution in [0.5, 0.6) is 0 Å². The number of amides is 2. The Hall–Kier alpha value is -2.40. The molecule has 0 unspecified atom stereocenters. The van der Waals surface area contributed by atoms with Gasteiger partial charge in [0.05, 0.1) is 16.2 Å². The van der Waals surface area contributed by atoms with E-state index >= 15 is 0 Å². The molecule has 0 saturated carbocycles. The smallest absolute Gasteiger partial charge is 0.268 e. The maximum atomic E-state index is 13.3. The molecule has 0 bridgehead atoms. The molecule has 3 rings (SSSR count). The van der Waals surface area contributed by atoms with Crippen molar-refractivity contribution >= 4 is 34.8 Å². The second-order valence-corrected chi connectivity index (χ2v) is 7.61. The van der Waals surface area contributed by atoms with Crippen molar-refractivity contribution in [2.45, 2.75) is 26.7 Å². The molecule has 2 aromatic carbocycles. The molecule has 1 aliphatic heterocycles. The maximum Gasteiger partial charge on any atom is 0.272 e. The van der Waals surface area contributed by atoms with Gasteiger partial charge in [-0.2, -0.15) is 0 Å². The molecule has 0 N–H and O–H groups in total. The van der Waals surface area contributed by atoms with Crippen LogP contribution in [0.1, 0.15) is 37.8 Å². The number of nitrogens with zero attached hydrogens (tertiary/aromatic N) is 1. The molecule has 0 spiro atoms. The molecular formula is C21H20FNO2S. The van der Waals surface area contributed by atoms with Crippen LogP contribution >= 0.6 is 11.8 Å². The van der Waals surface area contributed by atoms with E-state index in [0.717, 1.165) is 5.56 Å². The van der Waals surface area contributed by atoms with Gasteiger partial charge in [0.25, 0.3) is 11.8 Å². The Morgan fingerprint density at radius 1 is 0.962 bits per heavy atom. The predicted molar refractivity (Wildman–Crippen MR) is 104 cm³/mol. The highest BCUT2D eigenvalue weighted by Gasteiger charge is 2.39. The number of rotatable bonds is 5. The largest absolute Gasteiger partial charge is 0.272 e. The van der Waals surface area contributed by atoms with Crippen LogP contribution < -0.4 is 4.90 Å². The Kier molecular flexibility index (Phi) is 5.28. The fourth-order valence-corrected chi connectivity index (χ4v) is 3.75. The average molecular weight is 369 g/mol. The lowest BCUT2D eigenvalue weighted by atomic mass is 10.0. The van der Waals surface area contributed by atoms with Gasteiger partial charge in [0.1, 0.15) is 5.82 Å². The van der Waals surface area contributed by atoms with E-state index in [2.05, 4.69) is 13.8 Å². The summed E-state index contributed by atoms with van der Waals surface area (Å²) in [5.74, 6) is -0.0301. The van der Waals surface area contributed by atoms with Gasteiger partial charge in [-0.3, -0.25) is 9.59 Å². The number of halogens is 1. The summed E-state index contributed by atoms with van der Waals surface area (Å²) in [7, 11) is 0. The summed E-state index contributed by atoms with van der Waals surface area (Å²) in [5, 5.41) is 0. The topological polar surface area (TPSA) is 37.4 Å². The fraction of sp³-hybridized carbons (Fsp3) is 0.238. The summed E-state index contributed by atoms with van der Waals surface area (Å²) in [4.78, 5) is 27.6. The van der Waals surface area contributed by atoms with Gasteiger partial charge in [-0.1, -0.05) is 45.0 Å².